The Labute approximate surface area is 129 Å². The molecule has 0 atom stereocenters. The normalized spacial score (nSPS) is 12.8. The molecule has 0 spiro atoms. The van der Waals surface area contributed by atoms with Crippen molar-refractivity contribution >= 4 is 10.0 Å². The summed E-state index contributed by atoms with van der Waals surface area (Å²) in [4.78, 5) is 4.18. The zero-order valence-corrected chi connectivity index (χ0v) is 14.9. The van der Waals surface area contributed by atoms with Crippen LogP contribution in [-0.4, -0.2) is 24.5 Å². The van der Waals surface area contributed by atoms with Gasteiger partial charge in [-0.25, -0.2) is 18.1 Å². The molecule has 5 nitrogen and oxygen atoms in total. The van der Waals surface area contributed by atoms with Gasteiger partial charge in [-0.15, -0.1) is 0 Å². The molecular weight excluding hydrogens is 286 g/mol. The summed E-state index contributed by atoms with van der Waals surface area (Å²) in [5.41, 5.74) is 0. The van der Waals surface area contributed by atoms with E-state index < -0.39 is 10.0 Å². The topological polar surface area (TPSA) is 64.0 Å². The number of aryl methyl sites for hydroxylation is 2. The molecule has 0 fully saturated rings. The lowest BCUT2D eigenvalue weighted by atomic mass is 9.86. The molecule has 1 rings (SSSR count). The van der Waals surface area contributed by atoms with Crippen LogP contribution in [-0.2, 0) is 16.6 Å². The Morgan fingerprint density at radius 3 is 2.29 bits per heavy atom. The molecule has 1 heterocycles. The van der Waals surface area contributed by atoms with E-state index in [9.17, 15) is 8.42 Å². The maximum atomic E-state index is 12.4. The minimum absolute atomic E-state index is 0.125. The Bertz CT molecular complexity index is 539. The first kappa shape index (κ1) is 18.2. The molecule has 0 saturated carbocycles. The van der Waals surface area contributed by atoms with Gasteiger partial charge in [-0.2, -0.15) is 0 Å². The van der Waals surface area contributed by atoms with E-state index >= 15 is 0 Å². The van der Waals surface area contributed by atoms with Gasteiger partial charge in [0.25, 0.3) is 10.0 Å². The molecule has 0 amide bonds. The number of nitrogens with one attached hydrogen (secondary N) is 1. The van der Waals surface area contributed by atoms with E-state index in [4.69, 9.17) is 0 Å². The van der Waals surface area contributed by atoms with Crippen LogP contribution in [0.15, 0.2) is 11.2 Å². The van der Waals surface area contributed by atoms with Crippen LogP contribution in [0.25, 0.3) is 0 Å². The Morgan fingerprint density at radius 2 is 1.81 bits per heavy atom. The number of hydrogen-bond acceptors (Lipinski definition) is 3. The predicted octanol–water partition coefficient (Wildman–Crippen LogP) is 2.81. The number of imidazole rings is 1. The summed E-state index contributed by atoms with van der Waals surface area (Å²) >= 11 is 0. The number of hydrogen-bond donors (Lipinski definition) is 1. The quantitative estimate of drug-likeness (QED) is 0.802. The Kier molecular flexibility index (Phi) is 6.41. The van der Waals surface area contributed by atoms with E-state index in [2.05, 4.69) is 44.3 Å². The van der Waals surface area contributed by atoms with Crippen molar-refractivity contribution in [2.24, 2.45) is 17.8 Å². The second-order valence-corrected chi connectivity index (χ2v) is 8.04. The number of aromatic nitrogens is 2. The van der Waals surface area contributed by atoms with Crippen LogP contribution in [0.4, 0.5) is 0 Å². The largest absolute Gasteiger partial charge is 0.334 e. The summed E-state index contributed by atoms with van der Waals surface area (Å²) in [6, 6.07) is 0. The molecular formula is C15H29N3O2S. The fourth-order valence-electron chi connectivity index (χ4n) is 2.60. The highest BCUT2D eigenvalue weighted by Crippen LogP contribution is 2.20. The van der Waals surface area contributed by atoms with Crippen molar-refractivity contribution in [3.05, 3.63) is 12.0 Å². The van der Waals surface area contributed by atoms with Crippen molar-refractivity contribution in [2.45, 2.75) is 59.5 Å². The molecule has 6 heteroatoms. The van der Waals surface area contributed by atoms with Crippen molar-refractivity contribution in [3.63, 3.8) is 0 Å². The van der Waals surface area contributed by atoms with Gasteiger partial charge in [0.15, 0.2) is 5.03 Å². The van der Waals surface area contributed by atoms with Crippen molar-refractivity contribution in [3.8, 4) is 0 Å². The summed E-state index contributed by atoms with van der Waals surface area (Å²) in [7, 11) is -3.52. The van der Waals surface area contributed by atoms with Gasteiger partial charge in [0.05, 0.1) is 0 Å². The van der Waals surface area contributed by atoms with Gasteiger partial charge in [0, 0.05) is 19.3 Å². The summed E-state index contributed by atoms with van der Waals surface area (Å²) in [5, 5.41) is 0.125. The van der Waals surface area contributed by atoms with Crippen LogP contribution in [0.3, 0.4) is 0 Å². The third kappa shape index (κ3) is 4.81. The van der Waals surface area contributed by atoms with Gasteiger partial charge in [-0.05, 0) is 31.1 Å². The van der Waals surface area contributed by atoms with Gasteiger partial charge in [0.2, 0.25) is 0 Å². The lowest BCUT2D eigenvalue weighted by Crippen LogP contribution is -2.34. The predicted molar refractivity (Wildman–Crippen MR) is 85.6 cm³/mol. The Hall–Kier alpha value is -0.880. The van der Waals surface area contributed by atoms with Gasteiger partial charge in [-0.1, -0.05) is 34.6 Å². The first-order chi connectivity index (χ1) is 9.69. The number of nitrogens with zero attached hydrogens (tertiary/aromatic N) is 2. The molecule has 0 unspecified atom stereocenters. The van der Waals surface area contributed by atoms with Crippen molar-refractivity contribution in [1.82, 2.24) is 14.3 Å². The van der Waals surface area contributed by atoms with Crippen molar-refractivity contribution in [1.29, 1.82) is 0 Å². The minimum atomic E-state index is -3.52. The van der Waals surface area contributed by atoms with Crippen LogP contribution in [0.1, 0.15) is 46.9 Å². The van der Waals surface area contributed by atoms with Gasteiger partial charge >= 0.3 is 0 Å². The summed E-state index contributed by atoms with van der Waals surface area (Å²) in [6.45, 7) is 13.6. The molecule has 0 aliphatic carbocycles. The first-order valence-electron chi connectivity index (χ1n) is 7.72. The zero-order chi connectivity index (χ0) is 16.2. The molecule has 1 aromatic heterocycles. The van der Waals surface area contributed by atoms with Crippen LogP contribution < -0.4 is 4.72 Å². The SMILES string of the molecule is CCCn1cc(S(=O)(=O)NCC(C(C)C)C(C)C)nc1C. The molecule has 122 valence electrons. The molecule has 1 aromatic rings. The fourth-order valence-corrected chi connectivity index (χ4v) is 3.68. The highest BCUT2D eigenvalue weighted by molar-refractivity contribution is 7.89. The highest BCUT2D eigenvalue weighted by atomic mass is 32.2. The van der Waals surface area contributed by atoms with Gasteiger partial charge < -0.3 is 4.57 Å². The lowest BCUT2D eigenvalue weighted by Gasteiger charge is -2.24. The Morgan fingerprint density at radius 1 is 1.24 bits per heavy atom. The smallest absolute Gasteiger partial charge is 0.259 e. The number of sulfonamides is 1. The highest BCUT2D eigenvalue weighted by Gasteiger charge is 2.23. The van der Waals surface area contributed by atoms with E-state index in [1.165, 1.54) is 0 Å². The average Bonchev–Trinajstić information content (AvgIpc) is 2.71. The average molecular weight is 315 g/mol. The van der Waals surface area contributed by atoms with Crippen LogP contribution >= 0.6 is 0 Å². The van der Waals surface area contributed by atoms with Crippen LogP contribution in [0.2, 0.25) is 0 Å². The van der Waals surface area contributed by atoms with E-state index in [-0.39, 0.29) is 5.03 Å². The molecule has 0 saturated heterocycles. The maximum Gasteiger partial charge on any atom is 0.259 e. The number of rotatable bonds is 8. The zero-order valence-electron chi connectivity index (χ0n) is 14.0. The standard InChI is InChI=1S/C15H29N3O2S/c1-7-8-18-10-15(17-13(18)6)21(19,20)16-9-14(11(2)3)12(4)5/h10-12,14,16H,7-9H2,1-6H3. The second-order valence-electron chi connectivity index (χ2n) is 6.32. The van der Waals surface area contributed by atoms with E-state index in [1.54, 1.807) is 6.20 Å². The lowest BCUT2D eigenvalue weighted by molar-refractivity contribution is 0.289. The molecule has 0 aliphatic heterocycles. The van der Waals surface area contributed by atoms with Crippen molar-refractivity contribution < 1.29 is 8.42 Å². The molecule has 0 aliphatic rings. The third-order valence-corrected chi connectivity index (χ3v) is 5.21. The van der Waals surface area contributed by atoms with Gasteiger partial charge in [0.1, 0.15) is 5.82 Å². The van der Waals surface area contributed by atoms with Gasteiger partial charge in [-0.3, -0.25) is 0 Å². The molecule has 0 radical (unpaired) electrons. The maximum absolute atomic E-state index is 12.4. The third-order valence-electron chi connectivity index (χ3n) is 3.92. The van der Waals surface area contributed by atoms with Crippen LogP contribution in [0, 0.1) is 24.7 Å². The minimum Gasteiger partial charge on any atom is -0.334 e. The molecule has 21 heavy (non-hydrogen) atoms. The Balaban J connectivity index is 2.84. The van der Waals surface area contributed by atoms with Crippen molar-refractivity contribution in [2.75, 3.05) is 6.54 Å². The van der Waals surface area contributed by atoms with E-state index in [0.717, 1.165) is 18.8 Å². The molecule has 0 bridgehead atoms. The summed E-state index contributed by atoms with van der Waals surface area (Å²) < 4.78 is 29.3. The van der Waals surface area contributed by atoms with E-state index in [0.29, 0.717) is 24.3 Å². The monoisotopic (exact) mass is 315 g/mol. The first-order valence-corrected chi connectivity index (χ1v) is 9.20. The summed E-state index contributed by atoms with van der Waals surface area (Å²) in [5.74, 6) is 1.93. The van der Waals surface area contributed by atoms with E-state index in [1.807, 2.05) is 11.5 Å². The second kappa shape index (κ2) is 7.40. The molecule has 0 aromatic carbocycles. The fraction of sp³-hybridized carbons (Fsp3) is 0.800. The summed E-state index contributed by atoms with van der Waals surface area (Å²) in [6.07, 6.45) is 2.58. The van der Waals surface area contributed by atoms with Crippen LogP contribution in [0.5, 0.6) is 0 Å². The molecule has 1 N–H and O–H groups in total.